The molecule has 2 aromatic carbocycles. The van der Waals surface area contributed by atoms with Crippen molar-refractivity contribution in [3.05, 3.63) is 91.1 Å². The van der Waals surface area contributed by atoms with Crippen LogP contribution in [0, 0.1) is 0 Å². The molecule has 3 N–H and O–H groups in total. The normalized spacial score (nSPS) is 15.9. The molecule has 7 nitrogen and oxygen atoms in total. The second kappa shape index (κ2) is 7.84. The lowest BCUT2D eigenvalue weighted by Gasteiger charge is -2.13. The summed E-state index contributed by atoms with van der Waals surface area (Å²) < 4.78 is 1.01. The molecule has 0 bridgehead atoms. The number of hydrogen-bond donors (Lipinski definition) is 3. The number of nitrogens with one attached hydrogen (secondary N) is 2. The van der Waals surface area contributed by atoms with Crippen LogP contribution in [0.4, 0.5) is 0 Å². The third-order valence-corrected chi connectivity index (χ3v) is 5.43. The van der Waals surface area contributed by atoms with E-state index in [-0.39, 0.29) is 11.6 Å². The molecule has 3 aromatic rings. The van der Waals surface area contributed by atoms with Crippen molar-refractivity contribution in [2.45, 2.75) is 32.2 Å². The van der Waals surface area contributed by atoms with E-state index in [2.05, 4.69) is 41.5 Å². The minimum Gasteiger partial charge on any atom is -0.493 e. The molecule has 1 atom stereocenters. The standard InChI is InChI=1S/C22H21ClN4O3/c1-12(2)13-6-8-14(9-7-13)17-11-18(26-25-17)19-20(28)24-22(30)27(21(19)29)16-5-3-4-15(23)10-16/h3-10,12,17,25,29H,11H2,1-2H3,(H,24,28,30)/t17-/m1/s1. The van der Waals surface area contributed by atoms with E-state index in [4.69, 9.17) is 11.6 Å². The maximum atomic E-state index is 12.5. The Hall–Kier alpha value is -3.32. The summed E-state index contributed by atoms with van der Waals surface area (Å²) in [5.74, 6) is -0.0344. The zero-order chi connectivity index (χ0) is 21.4. The van der Waals surface area contributed by atoms with E-state index in [1.165, 1.54) is 11.6 Å². The van der Waals surface area contributed by atoms with Crippen molar-refractivity contribution >= 4 is 17.3 Å². The van der Waals surface area contributed by atoms with Gasteiger partial charge in [-0.3, -0.25) is 9.78 Å². The molecule has 2 heterocycles. The second-order valence-electron chi connectivity index (χ2n) is 7.54. The number of hydrazone groups is 1. The molecule has 154 valence electrons. The highest BCUT2D eigenvalue weighted by atomic mass is 35.5. The summed E-state index contributed by atoms with van der Waals surface area (Å²) in [5.41, 5.74) is 4.52. The largest absolute Gasteiger partial charge is 0.493 e. The molecular weight excluding hydrogens is 404 g/mol. The first-order chi connectivity index (χ1) is 14.3. The predicted octanol–water partition coefficient (Wildman–Crippen LogP) is 3.45. The third kappa shape index (κ3) is 3.64. The maximum absolute atomic E-state index is 12.5. The number of aromatic amines is 1. The smallest absolute Gasteiger partial charge is 0.335 e. The van der Waals surface area contributed by atoms with Crippen LogP contribution < -0.4 is 16.7 Å². The van der Waals surface area contributed by atoms with Crippen molar-refractivity contribution in [3.8, 4) is 11.6 Å². The minimum atomic E-state index is -0.754. The Balaban J connectivity index is 1.69. The summed E-state index contributed by atoms with van der Waals surface area (Å²) in [4.78, 5) is 27.1. The van der Waals surface area contributed by atoms with Gasteiger partial charge in [0.1, 0.15) is 5.56 Å². The molecule has 0 saturated heterocycles. The summed E-state index contributed by atoms with van der Waals surface area (Å²) in [5, 5.41) is 15.5. The van der Waals surface area contributed by atoms with Gasteiger partial charge in [0.05, 0.1) is 17.4 Å². The molecule has 0 radical (unpaired) electrons. The Kier molecular flexibility index (Phi) is 5.22. The zero-order valence-electron chi connectivity index (χ0n) is 16.5. The number of H-pyrrole nitrogens is 1. The van der Waals surface area contributed by atoms with Crippen LogP contribution in [-0.4, -0.2) is 20.4 Å². The average Bonchev–Trinajstić information content (AvgIpc) is 3.17. The lowest BCUT2D eigenvalue weighted by molar-refractivity contribution is 0.429. The van der Waals surface area contributed by atoms with E-state index < -0.39 is 17.1 Å². The van der Waals surface area contributed by atoms with Crippen molar-refractivity contribution in [2.24, 2.45) is 5.10 Å². The lowest BCUT2D eigenvalue weighted by Crippen LogP contribution is -2.33. The van der Waals surface area contributed by atoms with Gasteiger partial charge in [-0.15, -0.1) is 0 Å². The van der Waals surface area contributed by atoms with Crippen LogP contribution in [0.25, 0.3) is 5.69 Å². The molecule has 1 aromatic heterocycles. The molecule has 0 spiro atoms. The van der Waals surface area contributed by atoms with Gasteiger partial charge in [0, 0.05) is 11.4 Å². The van der Waals surface area contributed by atoms with E-state index in [1.807, 2.05) is 12.1 Å². The summed E-state index contributed by atoms with van der Waals surface area (Å²) in [7, 11) is 0. The minimum absolute atomic E-state index is 0.0385. The Morgan fingerprint density at radius 3 is 2.57 bits per heavy atom. The molecule has 4 rings (SSSR count). The fraction of sp³-hybridized carbons (Fsp3) is 0.227. The van der Waals surface area contributed by atoms with Gasteiger partial charge in [-0.2, -0.15) is 5.10 Å². The van der Waals surface area contributed by atoms with E-state index in [1.54, 1.807) is 18.2 Å². The van der Waals surface area contributed by atoms with E-state index in [0.717, 1.165) is 10.1 Å². The highest BCUT2D eigenvalue weighted by molar-refractivity contribution is 6.30. The van der Waals surface area contributed by atoms with Crippen LogP contribution in [0.3, 0.4) is 0 Å². The second-order valence-corrected chi connectivity index (χ2v) is 7.98. The van der Waals surface area contributed by atoms with Gasteiger partial charge in [0.25, 0.3) is 5.56 Å². The number of aromatic hydroxyl groups is 1. The maximum Gasteiger partial charge on any atom is 0.335 e. The SMILES string of the molecule is CC(C)c1ccc([C@H]2CC(c3c(O)n(-c4cccc(Cl)c4)c(=O)[nH]c3=O)=NN2)cc1. The molecule has 0 fully saturated rings. The number of nitrogens with zero attached hydrogens (tertiary/aromatic N) is 2. The molecular formula is C22H21ClN4O3. The Bertz CT molecular complexity index is 1240. The van der Waals surface area contributed by atoms with Crippen LogP contribution in [-0.2, 0) is 0 Å². The van der Waals surface area contributed by atoms with Crippen LogP contribution in [0.1, 0.15) is 48.9 Å². The monoisotopic (exact) mass is 424 g/mol. The third-order valence-electron chi connectivity index (χ3n) is 5.20. The number of benzene rings is 2. The topological polar surface area (TPSA) is 99.5 Å². The van der Waals surface area contributed by atoms with Crippen molar-refractivity contribution in [2.75, 3.05) is 0 Å². The Morgan fingerprint density at radius 2 is 1.90 bits per heavy atom. The van der Waals surface area contributed by atoms with Crippen LogP contribution in [0.15, 0.2) is 63.2 Å². The molecule has 0 unspecified atom stereocenters. The van der Waals surface area contributed by atoms with Gasteiger partial charge in [-0.25, -0.2) is 9.36 Å². The summed E-state index contributed by atoms with van der Waals surface area (Å²) in [6.07, 6.45) is 0.394. The van der Waals surface area contributed by atoms with Gasteiger partial charge >= 0.3 is 5.69 Å². The van der Waals surface area contributed by atoms with Crippen molar-refractivity contribution in [1.29, 1.82) is 0 Å². The molecule has 0 amide bonds. The number of rotatable bonds is 4. The van der Waals surface area contributed by atoms with Gasteiger partial charge in [-0.1, -0.05) is 55.8 Å². The van der Waals surface area contributed by atoms with Crippen LogP contribution >= 0.6 is 11.6 Å². The first kappa shape index (κ1) is 20.0. The van der Waals surface area contributed by atoms with Gasteiger partial charge in [0.15, 0.2) is 0 Å². The van der Waals surface area contributed by atoms with E-state index in [9.17, 15) is 14.7 Å². The Labute approximate surface area is 177 Å². The number of aromatic nitrogens is 2. The van der Waals surface area contributed by atoms with Gasteiger partial charge in [-0.05, 0) is 35.2 Å². The highest BCUT2D eigenvalue weighted by Gasteiger charge is 2.27. The summed E-state index contributed by atoms with van der Waals surface area (Å²) in [6, 6.07) is 14.5. The Morgan fingerprint density at radius 1 is 1.17 bits per heavy atom. The summed E-state index contributed by atoms with van der Waals surface area (Å²) in [6.45, 7) is 4.27. The zero-order valence-corrected chi connectivity index (χ0v) is 17.3. The average molecular weight is 425 g/mol. The molecule has 8 heteroatoms. The highest BCUT2D eigenvalue weighted by Crippen LogP contribution is 2.28. The van der Waals surface area contributed by atoms with E-state index in [0.29, 0.717) is 28.8 Å². The predicted molar refractivity (Wildman–Crippen MR) is 117 cm³/mol. The molecule has 0 aliphatic carbocycles. The molecule has 1 aliphatic heterocycles. The number of hydrogen-bond acceptors (Lipinski definition) is 5. The van der Waals surface area contributed by atoms with Gasteiger partial charge < -0.3 is 10.5 Å². The first-order valence-electron chi connectivity index (χ1n) is 9.61. The van der Waals surface area contributed by atoms with Crippen LogP contribution in [0.5, 0.6) is 5.88 Å². The fourth-order valence-electron chi connectivity index (χ4n) is 3.54. The van der Waals surface area contributed by atoms with Crippen LogP contribution in [0.2, 0.25) is 5.02 Å². The van der Waals surface area contributed by atoms with Gasteiger partial charge in [0.2, 0.25) is 5.88 Å². The lowest BCUT2D eigenvalue weighted by atomic mass is 9.96. The summed E-state index contributed by atoms with van der Waals surface area (Å²) >= 11 is 6.01. The molecule has 30 heavy (non-hydrogen) atoms. The first-order valence-corrected chi connectivity index (χ1v) is 9.99. The van der Waals surface area contributed by atoms with E-state index >= 15 is 0 Å². The fourth-order valence-corrected chi connectivity index (χ4v) is 3.73. The molecule has 1 aliphatic rings. The quantitative estimate of drug-likeness (QED) is 0.597. The molecule has 0 saturated carbocycles. The van der Waals surface area contributed by atoms with Crippen molar-refractivity contribution in [3.63, 3.8) is 0 Å². The van der Waals surface area contributed by atoms with Crippen molar-refractivity contribution < 1.29 is 5.11 Å². The van der Waals surface area contributed by atoms with Crippen molar-refractivity contribution in [1.82, 2.24) is 15.0 Å². The number of halogens is 1.